The zero-order chi connectivity index (χ0) is 12.1. The summed E-state index contributed by atoms with van der Waals surface area (Å²) >= 11 is 2.99. The van der Waals surface area contributed by atoms with Gasteiger partial charge in [-0.05, 0) is 0 Å². The first-order valence-electron chi connectivity index (χ1n) is 5.44. The van der Waals surface area contributed by atoms with Crippen molar-refractivity contribution in [3.05, 3.63) is 71.8 Å². The normalized spacial score (nSPS) is 9.88. The van der Waals surface area contributed by atoms with Gasteiger partial charge >= 0.3 is 109 Å². The van der Waals surface area contributed by atoms with Gasteiger partial charge in [0.1, 0.15) is 0 Å². The van der Waals surface area contributed by atoms with Gasteiger partial charge in [0, 0.05) is 0 Å². The number of hydrogen-bond donors (Lipinski definition) is 0. The second kappa shape index (κ2) is 5.72. The van der Waals surface area contributed by atoms with Crippen LogP contribution in [0, 0.1) is 0 Å². The van der Waals surface area contributed by atoms with Crippen LogP contribution in [0.1, 0.15) is 22.3 Å². The zero-order valence-corrected chi connectivity index (χ0v) is 11.0. The predicted molar refractivity (Wildman–Crippen MR) is 71.7 cm³/mol. The number of rotatable bonds is 4. The van der Waals surface area contributed by atoms with E-state index in [1.165, 1.54) is 0 Å². The van der Waals surface area contributed by atoms with E-state index in [-0.39, 0.29) is 5.78 Å². The molecule has 0 aliphatic heterocycles. The van der Waals surface area contributed by atoms with Gasteiger partial charge in [-0.25, -0.2) is 0 Å². The Morgan fingerprint density at radius 3 is 1.82 bits per heavy atom. The molecule has 0 amide bonds. The third-order valence-electron chi connectivity index (χ3n) is 2.51. The van der Waals surface area contributed by atoms with Crippen molar-refractivity contribution in [3.63, 3.8) is 0 Å². The molecule has 0 aliphatic rings. The number of Topliss-reactive ketones (excluding diaryl/α,β-unsaturated/α-hetero) is 1. The molecule has 0 saturated carbocycles. The summed E-state index contributed by atoms with van der Waals surface area (Å²) < 4.78 is 0.986. The summed E-state index contributed by atoms with van der Waals surface area (Å²) in [6.45, 7) is 0. The molecule has 0 spiro atoms. The molecule has 84 valence electrons. The van der Waals surface area contributed by atoms with Gasteiger partial charge in [0.05, 0.1) is 0 Å². The van der Waals surface area contributed by atoms with Crippen LogP contribution in [0.15, 0.2) is 60.7 Å². The van der Waals surface area contributed by atoms with Crippen LogP contribution in [0.2, 0.25) is 0 Å². The van der Waals surface area contributed by atoms with Gasteiger partial charge in [0.25, 0.3) is 0 Å². The van der Waals surface area contributed by atoms with Gasteiger partial charge in [-0.1, -0.05) is 0 Å². The molecule has 17 heavy (non-hydrogen) atoms. The summed E-state index contributed by atoms with van der Waals surface area (Å²) in [5.74, 6) is 0.142. The van der Waals surface area contributed by atoms with Gasteiger partial charge in [-0.2, -0.15) is 0 Å². The number of benzene rings is 2. The van der Waals surface area contributed by atoms with E-state index in [2.05, 4.69) is 15.6 Å². The van der Waals surface area contributed by atoms with Crippen molar-refractivity contribution in [2.24, 2.45) is 0 Å². The summed E-state index contributed by atoms with van der Waals surface area (Å²) in [5.41, 5.74) is 1.84. The summed E-state index contributed by atoms with van der Waals surface area (Å²) in [6, 6.07) is 19.3. The number of hydrogen-bond acceptors (Lipinski definition) is 1. The summed E-state index contributed by atoms with van der Waals surface area (Å²) in [6.07, 6.45) is 0.425. The first kappa shape index (κ1) is 12.0. The predicted octanol–water partition coefficient (Wildman–Crippen LogP) is 2.65. The molecule has 0 aliphatic carbocycles. The molecule has 0 saturated heterocycles. The van der Waals surface area contributed by atoms with Gasteiger partial charge in [0.15, 0.2) is 0 Å². The first-order valence-corrected chi connectivity index (χ1v) is 6.29. The van der Waals surface area contributed by atoms with E-state index in [9.17, 15) is 4.79 Å². The Morgan fingerprint density at radius 1 is 0.824 bits per heavy atom. The Labute approximate surface area is 109 Å². The second-order valence-corrected chi connectivity index (χ2v) is 4.79. The Morgan fingerprint density at radius 2 is 1.29 bits per heavy atom. The van der Waals surface area contributed by atoms with Crippen molar-refractivity contribution < 1.29 is 4.79 Å². The van der Waals surface area contributed by atoms with E-state index in [1.54, 1.807) is 0 Å². The Kier molecular flexibility index (Phi) is 4.02. The Balaban J connectivity index is 2.08. The van der Waals surface area contributed by atoms with Crippen molar-refractivity contribution in [1.29, 1.82) is 0 Å². The fourth-order valence-electron chi connectivity index (χ4n) is 1.60. The number of ketones is 1. The summed E-state index contributed by atoms with van der Waals surface area (Å²) in [7, 11) is 0. The van der Waals surface area contributed by atoms with Crippen LogP contribution in [0.4, 0.5) is 0 Å². The quantitative estimate of drug-likeness (QED) is 0.624. The van der Waals surface area contributed by atoms with E-state index in [4.69, 9.17) is 0 Å². The molecule has 0 atom stereocenters. The first-order chi connectivity index (χ1) is 8.27. The van der Waals surface area contributed by atoms with Crippen molar-refractivity contribution in [3.8, 4) is 0 Å². The summed E-state index contributed by atoms with van der Waals surface area (Å²) in [4.78, 5) is 12.0. The minimum absolute atomic E-state index is 0.142. The molecule has 0 heterocycles. The fourth-order valence-corrected chi connectivity index (χ4v) is 2.16. The molecule has 0 unspecified atom stereocenters. The van der Waals surface area contributed by atoms with E-state index in [0.29, 0.717) is 6.42 Å². The van der Waals surface area contributed by atoms with Crippen molar-refractivity contribution in [2.45, 2.75) is 6.42 Å². The standard InChI is InChI=1S/C15H12OSe/c16-14(12-7-3-1-4-8-12)11-15(17)13-9-5-2-6-10-13/h1-10H,11H2. The fraction of sp³-hybridized carbons (Fsp3) is 0.0667. The topological polar surface area (TPSA) is 17.1 Å². The molecule has 0 N–H and O–H groups in total. The average Bonchev–Trinajstić information content (AvgIpc) is 2.40. The SMILES string of the molecule is O=C(CC(=[Se])c1ccccc1)c1ccccc1. The monoisotopic (exact) mass is 288 g/mol. The van der Waals surface area contributed by atoms with E-state index >= 15 is 0 Å². The number of carbonyl (C=O) groups is 1. The maximum absolute atomic E-state index is 12.0. The minimum atomic E-state index is 0.142. The third-order valence-corrected chi connectivity index (χ3v) is 3.31. The van der Waals surface area contributed by atoms with E-state index in [1.807, 2.05) is 60.7 Å². The van der Waals surface area contributed by atoms with Crippen molar-refractivity contribution >= 4 is 25.8 Å². The molecule has 0 aromatic heterocycles. The number of carbonyl (C=O) groups excluding carboxylic acids is 1. The molecule has 2 aromatic carbocycles. The molecular formula is C15H12OSe. The van der Waals surface area contributed by atoms with Crippen LogP contribution in [0.25, 0.3) is 0 Å². The van der Waals surface area contributed by atoms with Crippen LogP contribution in [0.5, 0.6) is 0 Å². The molecular weight excluding hydrogens is 275 g/mol. The van der Waals surface area contributed by atoms with E-state index in [0.717, 1.165) is 15.5 Å². The summed E-state index contributed by atoms with van der Waals surface area (Å²) in [5, 5.41) is 0. The van der Waals surface area contributed by atoms with Crippen LogP contribution < -0.4 is 0 Å². The molecule has 0 radical (unpaired) electrons. The van der Waals surface area contributed by atoms with E-state index < -0.39 is 0 Å². The average molecular weight is 287 g/mol. The molecule has 2 rings (SSSR count). The van der Waals surface area contributed by atoms with Crippen molar-refractivity contribution in [1.82, 2.24) is 0 Å². The molecule has 2 heteroatoms. The molecule has 0 fully saturated rings. The van der Waals surface area contributed by atoms with Crippen LogP contribution >= 0.6 is 0 Å². The van der Waals surface area contributed by atoms with Gasteiger partial charge in [0.2, 0.25) is 0 Å². The van der Waals surface area contributed by atoms with Gasteiger partial charge in [-0.15, -0.1) is 0 Å². The third kappa shape index (κ3) is 3.23. The second-order valence-electron chi connectivity index (χ2n) is 3.76. The zero-order valence-electron chi connectivity index (χ0n) is 9.30. The molecule has 2 aromatic rings. The molecule has 1 nitrogen and oxygen atoms in total. The maximum atomic E-state index is 12.0. The Bertz CT molecular complexity index is 468. The van der Waals surface area contributed by atoms with Crippen LogP contribution in [-0.4, -0.2) is 25.8 Å². The van der Waals surface area contributed by atoms with Crippen LogP contribution in [-0.2, 0) is 0 Å². The van der Waals surface area contributed by atoms with Gasteiger partial charge < -0.3 is 0 Å². The van der Waals surface area contributed by atoms with Gasteiger partial charge in [-0.3, -0.25) is 0 Å². The van der Waals surface area contributed by atoms with Crippen molar-refractivity contribution in [2.75, 3.05) is 0 Å². The molecule has 0 bridgehead atoms. The van der Waals surface area contributed by atoms with Crippen LogP contribution in [0.3, 0.4) is 0 Å². The Hall–Kier alpha value is -1.50.